The van der Waals surface area contributed by atoms with E-state index in [-0.39, 0.29) is 0 Å². The van der Waals surface area contributed by atoms with Crippen molar-refractivity contribution >= 4 is 47.7 Å². The van der Waals surface area contributed by atoms with Crippen LogP contribution in [-0.4, -0.2) is 9.52 Å². The molecule has 0 saturated heterocycles. The van der Waals surface area contributed by atoms with E-state index in [4.69, 9.17) is 17.0 Å². The van der Waals surface area contributed by atoms with Gasteiger partial charge in [-0.2, -0.15) is 35.5 Å². The first-order chi connectivity index (χ1) is 17.8. The summed E-state index contributed by atoms with van der Waals surface area (Å²) in [7, 11) is 10.7. The fraction of sp³-hybridized carbons (Fsp3) is 0.182. The zero-order valence-corrected chi connectivity index (χ0v) is 26.9. The van der Waals surface area contributed by atoms with Gasteiger partial charge in [0.2, 0.25) is 0 Å². The van der Waals surface area contributed by atoms with Crippen molar-refractivity contribution in [2.24, 2.45) is 0 Å². The third-order valence-electron chi connectivity index (χ3n) is 6.53. The van der Waals surface area contributed by atoms with E-state index in [2.05, 4.69) is 120 Å². The van der Waals surface area contributed by atoms with Gasteiger partial charge < -0.3 is 0 Å². The van der Waals surface area contributed by atoms with Crippen LogP contribution in [0.2, 0.25) is 0 Å². The number of benzene rings is 4. The molecule has 4 heteroatoms. The predicted molar refractivity (Wildman–Crippen MR) is 161 cm³/mol. The van der Waals surface area contributed by atoms with E-state index in [0.717, 1.165) is 9.52 Å². The summed E-state index contributed by atoms with van der Waals surface area (Å²) in [5.74, 6) is 0.528. The second kappa shape index (κ2) is 12.8. The summed E-state index contributed by atoms with van der Waals surface area (Å²) < 4.78 is 0. The van der Waals surface area contributed by atoms with Gasteiger partial charge in [0.05, 0.1) is 9.52 Å². The molecule has 1 aliphatic heterocycles. The van der Waals surface area contributed by atoms with E-state index in [0.29, 0.717) is 5.92 Å². The summed E-state index contributed by atoms with van der Waals surface area (Å²) in [4.78, 5) is 0. The molecule has 6 rings (SSSR count). The summed E-state index contributed by atoms with van der Waals surface area (Å²) in [6.07, 6.45) is 0. The van der Waals surface area contributed by atoms with Gasteiger partial charge in [-0.3, -0.25) is 0 Å². The molecule has 0 aliphatic carbocycles. The SMILES string of the molecule is Cc1cc(C)cc(-c2c(C(C)C)ccc3[cH-]c(C)cc23)c1.[Cl][Zr+2][Cl].[c-]1cccc2c1[Si]c1ccccc1-2. The number of aryl methyl sites for hydroxylation is 3. The Balaban J connectivity index is 0.000000170. The number of hydrogen-bond donors (Lipinski definition) is 0. The van der Waals surface area contributed by atoms with Gasteiger partial charge in [-0.15, -0.1) is 40.1 Å². The minimum absolute atomic E-state index is 0.528. The number of rotatable bonds is 2. The molecule has 0 atom stereocenters. The number of hydrogen-bond acceptors (Lipinski definition) is 0. The molecule has 0 spiro atoms. The molecule has 0 saturated carbocycles. The van der Waals surface area contributed by atoms with Crippen molar-refractivity contribution in [3.05, 3.63) is 113 Å². The molecule has 0 fully saturated rings. The molecule has 0 aromatic heterocycles. The molecule has 5 aromatic carbocycles. The zero-order chi connectivity index (χ0) is 26.5. The Hall–Kier alpha value is -1.83. The van der Waals surface area contributed by atoms with E-state index in [1.54, 1.807) is 0 Å². The Labute approximate surface area is 242 Å². The molecule has 184 valence electrons. The summed E-state index contributed by atoms with van der Waals surface area (Å²) in [5.41, 5.74) is 11.0. The Morgan fingerprint density at radius 3 is 2.22 bits per heavy atom. The van der Waals surface area contributed by atoms with Crippen LogP contribution in [0.5, 0.6) is 0 Å². The van der Waals surface area contributed by atoms with Crippen molar-refractivity contribution in [3.63, 3.8) is 0 Å². The van der Waals surface area contributed by atoms with Crippen molar-refractivity contribution in [3.8, 4) is 22.3 Å². The molecule has 1 heterocycles. The average molecular weight is 617 g/mol. The number of halogens is 2. The van der Waals surface area contributed by atoms with Gasteiger partial charge in [-0.25, -0.2) is 0 Å². The van der Waals surface area contributed by atoms with Gasteiger partial charge in [0, 0.05) is 0 Å². The maximum absolute atomic E-state index is 4.93. The van der Waals surface area contributed by atoms with Crippen LogP contribution < -0.4 is 10.4 Å². The summed E-state index contributed by atoms with van der Waals surface area (Å²) in [6.45, 7) is 11.1. The monoisotopic (exact) mass is 614 g/mol. The van der Waals surface area contributed by atoms with Crippen molar-refractivity contribution in [2.75, 3.05) is 0 Å². The van der Waals surface area contributed by atoms with Gasteiger partial charge in [0.1, 0.15) is 0 Å². The van der Waals surface area contributed by atoms with Crippen LogP contribution in [0, 0.1) is 26.8 Å². The van der Waals surface area contributed by atoms with Crippen LogP contribution >= 0.6 is 17.0 Å². The van der Waals surface area contributed by atoms with Gasteiger partial charge in [-0.1, -0.05) is 96.2 Å². The normalized spacial score (nSPS) is 11.1. The van der Waals surface area contributed by atoms with E-state index in [1.807, 2.05) is 6.07 Å². The summed E-state index contributed by atoms with van der Waals surface area (Å²) >= 11 is -0.826. The predicted octanol–water partition coefficient (Wildman–Crippen LogP) is 8.77. The Bertz CT molecular complexity index is 1450. The van der Waals surface area contributed by atoms with Crippen LogP contribution in [0.4, 0.5) is 0 Å². The fourth-order valence-corrected chi connectivity index (χ4v) is 6.41. The van der Waals surface area contributed by atoms with Crippen molar-refractivity contribution < 1.29 is 20.8 Å². The quantitative estimate of drug-likeness (QED) is 0.135. The molecule has 2 radical (unpaired) electrons. The summed E-state index contributed by atoms with van der Waals surface area (Å²) in [6, 6.07) is 34.2. The molecule has 1 aliphatic rings. The first-order valence-corrected chi connectivity index (χ1v) is 19.8. The second-order valence-corrected chi connectivity index (χ2v) is 14.8. The van der Waals surface area contributed by atoms with Gasteiger partial charge in [-0.05, 0) is 25.3 Å². The fourth-order valence-electron chi connectivity index (χ4n) is 5.10. The molecule has 37 heavy (non-hydrogen) atoms. The van der Waals surface area contributed by atoms with Crippen molar-refractivity contribution in [1.29, 1.82) is 0 Å². The van der Waals surface area contributed by atoms with Gasteiger partial charge in [0.25, 0.3) is 0 Å². The van der Waals surface area contributed by atoms with Crippen LogP contribution in [-0.2, 0) is 20.8 Å². The first kappa shape index (κ1) is 28.2. The van der Waals surface area contributed by atoms with Crippen molar-refractivity contribution in [1.82, 2.24) is 0 Å². The topological polar surface area (TPSA) is 0 Å². The molecule has 5 aromatic rings. The smallest absolute Gasteiger partial charge is 0.0920 e. The molecule has 0 nitrogen and oxygen atoms in total. The number of fused-ring (bicyclic) bond motifs is 4. The molecule has 0 N–H and O–H groups in total. The molecule has 0 unspecified atom stereocenters. The van der Waals surface area contributed by atoms with E-state index in [1.165, 1.54) is 65.7 Å². The third-order valence-corrected chi connectivity index (χ3v) is 7.90. The Morgan fingerprint density at radius 1 is 0.838 bits per heavy atom. The zero-order valence-electron chi connectivity index (χ0n) is 21.9. The van der Waals surface area contributed by atoms with Crippen LogP contribution in [0.1, 0.15) is 42.0 Å². The maximum Gasteiger partial charge on any atom is 0.0920 e. The molecular formula is C33H30Cl2SiZr. The van der Waals surface area contributed by atoms with Crippen LogP contribution in [0.3, 0.4) is 0 Å². The third kappa shape index (κ3) is 6.61. The second-order valence-electron chi connectivity index (χ2n) is 9.80. The van der Waals surface area contributed by atoms with Crippen molar-refractivity contribution in [2.45, 2.75) is 40.5 Å². The van der Waals surface area contributed by atoms with E-state index >= 15 is 0 Å². The molecule has 0 amide bonds. The standard InChI is InChI=1S/C21H23.C12H7Si.2ClH.Zr/c1-13(2)19-7-6-17-9-16(5)12-20(17)21(19)18-10-14(3)8-15(4)11-18;1-3-7-11-9(5-1)10-6-2-4-8-12(10)13-11;;;/h6-13H,1-5H3;1-7H;2*1H;/q2*-1;;;+4/p-2. The first-order valence-electron chi connectivity index (χ1n) is 12.4. The van der Waals surface area contributed by atoms with Gasteiger partial charge in [0.15, 0.2) is 0 Å². The maximum atomic E-state index is 4.93. The Morgan fingerprint density at radius 2 is 1.51 bits per heavy atom. The van der Waals surface area contributed by atoms with E-state index < -0.39 is 20.8 Å². The molecular weight excluding hydrogens is 587 g/mol. The van der Waals surface area contributed by atoms with E-state index in [9.17, 15) is 0 Å². The summed E-state index contributed by atoms with van der Waals surface area (Å²) in [5, 5.41) is 5.57. The van der Waals surface area contributed by atoms with Crippen LogP contribution in [0.15, 0.2) is 84.9 Å². The minimum Gasteiger partial charge on any atom is -0.184 e. The average Bonchev–Trinajstić information content (AvgIpc) is 3.43. The minimum atomic E-state index is -0.826. The largest absolute Gasteiger partial charge is 0.184 e. The Kier molecular flexibility index (Phi) is 9.76. The van der Waals surface area contributed by atoms with Crippen LogP contribution in [0.25, 0.3) is 33.0 Å². The van der Waals surface area contributed by atoms with Gasteiger partial charge >= 0.3 is 37.9 Å². The molecule has 0 bridgehead atoms.